The van der Waals surface area contributed by atoms with E-state index < -0.39 is 0 Å². The van der Waals surface area contributed by atoms with Crippen molar-refractivity contribution < 1.29 is 19.1 Å². The van der Waals surface area contributed by atoms with E-state index in [-0.39, 0.29) is 25.2 Å². The van der Waals surface area contributed by atoms with Crippen LogP contribution < -0.4 is 0 Å². The van der Waals surface area contributed by atoms with Crippen LogP contribution in [0.2, 0.25) is 0 Å². The van der Waals surface area contributed by atoms with Crippen molar-refractivity contribution in [3.05, 3.63) is 35.4 Å². The summed E-state index contributed by atoms with van der Waals surface area (Å²) in [5, 5.41) is 0. The molecule has 0 N–H and O–H groups in total. The quantitative estimate of drug-likeness (QED) is 0.483. The summed E-state index contributed by atoms with van der Waals surface area (Å²) in [5.74, 6) is 10.9. The van der Waals surface area contributed by atoms with Gasteiger partial charge in [0, 0.05) is 31.4 Å². The molecule has 0 radical (unpaired) electrons. The molecule has 0 aliphatic rings. The van der Waals surface area contributed by atoms with Gasteiger partial charge in [0.05, 0.1) is 0 Å². The molecule has 0 atom stereocenters. The maximum absolute atomic E-state index is 10.6. The maximum Gasteiger partial charge on any atom is 0.303 e. The summed E-state index contributed by atoms with van der Waals surface area (Å²) >= 11 is 0. The summed E-state index contributed by atoms with van der Waals surface area (Å²) in [6.45, 7) is 3.04. The molecule has 21 heavy (non-hydrogen) atoms. The fraction of sp³-hybridized carbons (Fsp3) is 0.294. The zero-order valence-corrected chi connectivity index (χ0v) is 12.1. The number of hydrogen-bond donors (Lipinski definition) is 0. The lowest BCUT2D eigenvalue weighted by Crippen LogP contribution is -1.99. The van der Waals surface area contributed by atoms with E-state index in [4.69, 9.17) is 9.47 Å². The van der Waals surface area contributed by atoms with Crippen molar-refractivity contribution in [3.63, 3.8) is 0 Å². The molecule has 0 heterocycles. The largest absolute Gasteiger partial charge is 0.465 e. The third-order valence-corrected chi connectivity index (χ3v) is 2.25. The van der Waals surface area contributed by atoms with Crippen LogP contribution in [-0.2, 0) is 19.1 Å². The molecular formula is C17H16O4. The first kappa shape index (κ1) is 16.3. The van der Waals surface area contributed by atoms with Crippen LogP contribution in [0.1, 0.15) is 31.4 Å². The first-order valence-corrected chi connectivity index (χ1v) is 6.43. The van der Waals surface area contributed by atoms with Gasteiger partial charge in [-0.2, -0.15) is 0 Å². The molecule has 108 valence electrons. The second-order valence-corrected chi connectivity index (χ2v) is 4.02. The highest BCUT2D eigenvalue weighted by molar-refractivity contribution is 5.66. The Kier molecular flexibility index (Phi) is 7.18. The minimum Gasteiger partial charge on any atom is -0.465 e. The highest BCUT2D eigenvalue weighted by Gasteiger charge is 1.95. The van der Waals surface area contributed by atoms with Crippen LogP contribution in [0.25, 0.3) is 0 Å². The second kappa shape index (κ2) is 9.23. The monoisotopic (exact) mass is 284 g/mol. The second-order valence-electron chi connectivity index (χ2n) is 4.02. The molecule has 0 bridgehead atoms. The summed E-state index contributed by atoms with van der Waals surface area (Å²) in [4.78, 5) is 21.2. The van der Waals surface area contributed by atoms with Gasteiger partial charge in [0.1, 0.15) is 6.61 Å². The maximum atomic E-state index is 10.6. The van der Waals surface area contributed by atoms with Crippen molar-refractivity contribution in [2.45, 2.75) is 20.3 Å². The first-order chi connectivity index (χ1) is 10.1. The van der Waals surface area contributed by atoms with Crippen LogP contribution in [0.15, 0.2) is 24.3 Å². The number of benzene rings is 1. The Morgan fingerprint density at radius 1 is 0.952 bits per heavy atom. The number of ether oxygens (including phenoxy) is 2. The van der Waals surface area contributed by atoms with Crippen molar-refractivity contribution in [2.24, 2.45) is 0 Å². The molecule has 0 saturated carbocycles. The van der Waals surface area contributed by atoms with Gasteiger partial charge >= 0.3 is 11.9 Å². The van der Waals surface area contributed by atoms with Gasteiger partial charge in [0.25, 0.3) is 0 Å². The van der Waals surface area contributed by atoms with E-state index in [9.17, 15) is 9.59 Å². The number of carbonyl (C=O) groups is 2. The Hall–Kier alpha value is -2.72. The molecule has 1 aromatic rings. The molecule has 0 aliphatic carbocycles. The molecule has 0 unspecified atom stereocenters. The molecule has 0 fully saturated rings. The zero-order chi connectivity index (χ0) is 15.5. The van der Waals surface area contributed by atoms with Crippen molar-refractivity contribution in [1.82, 2.24) is 0 Å². The van der Waals surface area contributed by atoms with Gasteiger partial charge in [-0.05, 0) is 12.1 Å². The van der Waals surface area contributed by atoms with Crippen LogP contribution in [0.3, 0.4) is 0 Å². The van der Waals surface area contributed by atoms with Crippen molar-refractivity contribution in [3.8, 4) is 23.7 Å². The Morgan fingerprint density at radius 3 is 2.10 bits per heavy atom. The minimum atomic E-state index is -0.358. The van der Waals surface area contributed by atoms with Crippen molar-refractivity contribution >= 4 is 11.9 Å². The molecule has 0 saturated heterocycles. The van der Waals surface area contributed by atoms with Gasteiger partial charge in [-0.25, -0.2) is 0 Å². The predicted octanol–water partition coefficient (Wildman–Crippen LogP) is 1.91. The Balaban J connectivity index is 2.64. The fourth-order valence-electron chi connectivity index (χ4n) is 1.37. The van der Waals surface area contributed by atoms with Gasteiger partial charge in [-0.1, -0.05) is 35.8 Å². The van der Waals surface area contributed by atoms with E-state index >= 15 is 0 Å². The molecule has 4 nitrogen and oxygen atoms in total. The normalized spacial score (nSPS) is 8.67. The molecule has 0 aliphatic heterocycles. The molecule has 0 aromatic heterocycles. The topological polar surface area (TPSA) is 52.6 Å². The van der Waals surface area contributed by atoms with Crippen LogP contribution in [0, 0.1) is 23.7 Å². The third-order valence-electron chi connectivity index (χ3n) is 2.25. The summed E-state index contributed by atoms with van der Waals surface area (Å²) in [5.41, 5.74) is 1.56. The molecular weight excluding hydrogens is 268 g/mol. The van der Waals surface area contributed by atoms with Crippen molar-refractivity contribution in [2.75, 3.05) is 13.2 Å². The predicted molar refractivity (Wildman–Crippen MR) is 78.1 cm³/mol. The summed E-state index contributed by atoms with van der Waals surface area (Å²) in [7, 11) is 0. The van der Waals surface area contributed by atoms with Crippen LogP contribution in [0.4, 0.5) is 0 Å². The van der Waals surface area contributed by atoms with Crippen LogP contribution in [0.5, 0.6) is 0 Å². The minimum absolute atomic E-state index is 0.0591. The third kappa shape index (κ3) is 7.44. The SMILES string of the molecule is CC(=O)OCC#Cc1ccccc1C#CCCOC(C)=O. The molecule has 1 aromatic carbocycles. The number of rotatable bonds is 3. The van der Waals surface area contributed by atoms with E-state index in [2.05, 4.69) is 23.7 Å². The average molecular weight is 284 g/mol. The Bertz CT molecular complexity index is 623. The zero-order valence-electron chi connectivity index (χ0n) is 12.1. The summed E-state index contributed by atoms with van der Waals surface area (Å²) in [6, 6.07) is 7.43. The Morgan fingerprint density at radius 2 is 1.52 bits per heavy atom. The molecule has 0 amide bonds. The van der Waals surface area contributed by atoms with E-state index in [1.807, 2.05) is 24.3 Å². The van der Waals surface area contributed by atoms with Crippen molar-refractivity contribution in [1.29, 1.82) is 0 Å². The van der Waals surface area contributed by atoms with E-state index in [1.54, 1.807) is 0 Å². The highest BCUT2D eigenvalue weighted by atomic mass is 16.5. The standard InChI is InChI=1S/C17H16O4/c1-14(18)20-12-6-5-10-16-8-3-4-9-17(16)11-7-13-21-15(2)19/h3-4,8-9H,6,12-13H2,1-2H3. The van der Waals surface area contributed by atoms with Gasteiger partial charge in [0.15, 0.2) is 6.61 Å². The van der Waals surface area contributed by atoms with E-state index in [0.29, 0.717) is 6.42 Å². The number of esters is 2. The average Bonchev–Trinajstić information content (AvgIpc) is 2.44. The summed E-state index contributed by atoms with van der Waals surface area (Å²) in [6.07, 6.45) is 0.467. The van der Waals surface area contributed by atoms with E-state index in [1.165, 1.54) is 13.8 Å². The number of carbonyl (C=O) groups excluding carboxylic acids is 2. The van der Waals surface area contributed by atoms with Crippen LogP contribution in [-0.4, -0.2) is 25.2 Å². The lowest BCUT2D eigenvalue weighted by Gasteiger charge is -1.97. The highest BCUT2D eigenvalue weighted by Crippen LogP contribution is 2.05. The molecule has 0 spiro atoms. The van der Waals surface area contributed by atoms with Gasteiger partial charge in [0.2, 0.25) is 0 Å². The number of hydrogen-bond acceptors (Lipinski definition) is 4. The lowest BCUT2D eigenvalue weighted by molar-refractivity contribution is -0.141. The molecule has 4 heteroatoms. The first-order valence-electron chi connectivity index (χ1n) is 6.43. The van der Waals surface area contributed by atoms with E-state index in [0.717, 1.165) is 11.1 Å². The lowest BCUT2D eigenvalue weighted by atomic mass is 10.1. The van der Waals surface area contributed by atoms with Crippen LogP contribution >= 0.6 is 0 Å². The van der Waals surface area contributed by atoms with Gasteiger partial charge in [-0.15, -0.1) is 0 Å². The summed E-state index contributed by atoms with van der Waals surface area (Å²) < 4.78 is 9.54. The smallest absolute Gasteiger partial charge is 0.303 e. The Labute approximate surface area is 124 Å². The van der Waals surface area contributed by atoms with Gasteiger partial charge in [-0.3, -0.25) is 9.59 Å². The fourth-order valence-corrected chi connectivity index (χ4v) is 1.37. The molecule has 1 rings (SSSR count). The van der Waals surface area contributed by atoms with Gasteiger partial charge < -0.3 is 9.47 Å².